The highest BCUT2D eigenvalue weighted by Crippen LogP contribution is 2.26. The number of nitrogens with zero attached hydrogens (tertiary/aromatic N) is 2. The molecule has 0 atom stereocenters. The Hall–Kier alpha value is -2.34. The summed E-state index contributed by atoms with van der Waals surface area (Å²) in [6.45, 7) is 0.0512. The van der Waals surface area contributed by atoms with Gasteiger partial charge in [-0.1, -0.05) is 18.2 Å². The van der Waals surface area contributed by atoms with E-state index in [1.165, 1.54) is 7.11 Å². The van der Waals surface area contributed by atoms with Crippen molar-refractivity contribution in [1.82, 2.24) is 9.97 Å². The van der Waals surface area contributed by atoms with Crippen molar-refractivity contribution in [1.29, 1.82) is 0 Å². The topological polar surface area (TPSA) is 90.5 Å². The Morgan fingerprint density at radius 3 is 2.68 bits per heavy atom. The van der Waals surface area contributed by atoms with Gasteiger partial charge in [0.2, 0.25) is 17.7 Å². The summed E-state index contributed by atoms with van der Waals surface area (Å²) >= 11 is 0. The van der Waals surface area contributed by atoms with E-state index < -0.39 is 0 Å². The van der Waals surface area contributed by atoms with Crippen LogP contribution < -0.4 is 15.2 Å². The standard InChI is InChI=1S/C13H15N3O3/c1-18-11-8-12(16-13(14)15-11)19-10-5-3-2-4-9(10)6-7-17/h2-5,8,17H,6-7H2,1H3,(H2,14,15,16). The largest absolute Gasteiger partial charge is 0.481 e. The van der Waals surface area contributed by atoms with Crippen LogP contribution in [0.3, 0.4) is 0 Å². The van der Waals surface area contributed by atoms with Crippen LogP contribution in [0.15, 0.2) is 30.3 Å². The lowest BCUT2D eigenvalue weighted by molar-refractivity contribution is 0.297. The van der Waals surface area contributed by atoms with Gasteiger partial charge in [0.1, 0.15) is 5.75 Å². The summed E-state index contributed by atoms with van der Waals surface area (Å²) in [5, 5.41) is 9.02. The lowest BCUT2D eigenvalue weighted by Crippen LogP contribution is -2.01. The zero-order chi connectivity index (χ0) is 13.7. The maximum atomic E-state index is 9.02. The van der Waals surface area contributed by atoms with Crippen molar-refractivity contribution in [2.75, 3.05) is 19.5 Å². The van der Waals surface area contributed by atoms with Gasteiger partial charge in [0.25, 0.3) is 0 Å². The molecule has 0 saturated heterocycles. The molecule has 2 aromatic rings. The molecule has 0 aliphatic carbocycles. The third-order valence-electron chi connectivity index (χ3n) is 2.47. The monoisotopic (exact) mass is 261 g/mol. The number of benzene rings is 1. The van der Waals surface area contributed by atoms with Gasteiger partial charge in [0.05, 0.1) is 13.2 Å². The Morgan fingerprint density at radius 2 is 1.95 bits per heavy atom. The smallest absolute Gasteiger partial charge is 0.227 e. The Kier molecular flexibility index (Phi) is 4.15. The second kappa shape index (κ2) is 6.01. The Bertz CT molecular complexity index is 561. The molecule has 0 aliphatic heterocycles. The molecule has 6 nitrogen and oxygen atoms in total. The maximum Gasteiger partial charge on any atom is 0.227 e. The van der Waals surface area contributed by atoms with E-state index in [4.69, 9.17) is 20.3 Å². The van der Waals surface area contributed by atoms with Gasteiger partial charge in [0, 0.05) is 6.61 Å². The van der Waals surface area contributed by atoms with Crippen molar-refractivity contribution >= 4 is 5.95 Å². The second-order valence-corrected chi connectivity index (χ2v) is 3.79. The number of nitrogens with two attached hydrogens (primary N) is 1. The third kappa shape index (κ3) is 3.32. The number of methoxy groups -OCH3 is 1. The molecule has 0 amide bonds. The van der Waals surface area contributed by atoms with Gasteiger partial charge in [-0.05, 0) is 18.1 Å². The van der Waals surface area contributed by atoms with Crippen molar-refractivity contribution in [3.8, 4) is 17.5 Å². The van der Waals surface area contributed by atoms with Crippen molar-refractivity contribution in [3.63, 3.8) is 0 Å². The lowest BCUT2D eigenvalue weighted by Gasteiger charge is -2.10. The molecule has 19 heavy (non-hydrogen) atoms. The van der Waals surface area contributed by atoms with Gasteiger partial charge in [-0.3, -0.25) is 0 Å². The van der Waals surface area contributed by atoms with Crippen molar-refractivity contribution < 1.29 is 14.6 Å². The molecule has 0 fully saturated rings. The van der Waals surface area contributed by atoms with E-state index in [-0.39, 0.29) is 12.6 Å². The van der Waals surface area contributed by atoms with Crippen molar-refractivity contribution in [2.45, 2.75) is 6.42 Å². The fraction of sp³-hybridized carbons (Fsp3) is 0.231. The number of aliphatic hydroxyl groups excluding tert-OH is 1. The summed E-state index contributed by atoms with van der Waals surface area (Å²) < 4.78 is 10.7. The summed E-state index contributed by atoms with van der Waals surface area (Å²) in [6.07, 6.45) is 0.508. The van der Waals surface area contributed by atoms with Gasteiger partial charge >= 0.3 is 0 Å². The minimum absolute atomic E-state index is 0.0512. The normalized spacial score (nSPS) is 10.2. The van der Waals surface area contributed by atoms with Gasteiger partial charge in [-0.15, -0.1) is 0 Å². The van der Waals surface area contributed by atoms with Crippen LogP contribution in [0.2, 0.25) is 0 Å². The second-order valence-electron chi connectivity index (χ2n) is 3.79. The molecule has 0 aliphatic rings. The van der Waals surface area contributed by atoms with Crippen LogP contribution in [-0.4, -0.2) is 28.8 Å². The van der Waals surface area contributed by atoms with Crippen LogP contribution in [0.1, 0.15) is 5.56 Å². The van der Waals surface area contributed by atoms with Gasteiger partial charge in [-0.25, -0.2) is 0 Å². The highest BCUT2D eigenvalue weighted by atomic mass is 16.5. The van der Waals surface area contributed by atoms with E-state index in [1.54, 1.807) is 12.1 Å². The van der Waals surface area contributed by atoms with Crippen LogP contribution in [-0.2, 0) is 6.42 Å². The Labute approximate surface area is 110 Å². The molecule has 1 heterocycles. The van der Waals surface area contributed by atoms with Gasteiger partial charge in [-0.2, -0.15) is 9.97 Å². The molecule has 6 heteroatoms. The molecular weight excluding hydrogens is 246 g/mol. The van der Waals surface area contributed by atoms with Crippen molar-refractivity contribution in [3.05, 3.63) is 35.9 Å². The SMILES string of the molecule is COc1cc(Oc2ccccc2CCO)nc(N)n1. The number of hydrogen-bond donors (Lipinski definition) is 2. The molecular formula is C13H15N3O3. The number of ether oxygens (including phenoxy) is 2. The minimum Gasteiger partial charge on any atom is -0.481 e. The molecule has 0 unspecified atom stereocenters. The van der Waals surface area contributed by atoms with Gasteiger partial charge < -0.3 is 20.3 Å². The number of aliphatic hydroxyl groups is 1. The number of nitrogen functional groups attached to an aromatic ring is 1. The molecule has 0 saturated carbocycles. The van der Waals surface area contributed by atoms with Crippen LogP contribution in [0.5, 0.6) is 17.5 Å². The Morgan fingerprint density at radius 1 is 1.21 bits per heavy atom. The first-order valence-corrected chi connectivity index (χ1v) is 5.78. The number of para-hydroxylation sites is 1. The van der Waals surface area contributed by atoms with Crippen LogP contribution >= 0.6 is 0 Å². The highest BCUT2D eigenvalue weighted by Gasteiger charge is 2.08. The van der Waals surface area contributed by atoms with Crippen LogP contribution in [0.4, 0.5) is 5.95 Å². The summed E-state index contributed by atoms with van der Waals surface area (Å²) in [5.41, 5.74) is 6.45. The highest BCUT2D eigenvalue weighted by molar-refractivity contribution is 5.38. The average Bonchev–Trinajstić information content (AvgIpc) is 2.40. The van der Waals surface area contributed by atoms with Gasteiger partial charge in [0.15, 0.2) is 0 Å². The number of anilines is 1. The zero-order valence-electron chi connectivity index (χ0n) is 10.5. The predicted octanol–water partition coefficient (Wildman–Crippen LogP) is 1.39. The van der Waals surface area contributed by atoms with Crippen LogP contribution in [0.25, 0.3) is 0 Å². The lowest BCUT2D eigenvalue weighted by atomic mass is 10.1. The first-order chi connectivity index (χ1) is 9.22. The molecule has 100 valence electrons. The first kappa shape index (κ1) is 13.1. The molecule has 1 aromatic carbocycles. The van der Waals surface area contributed by atoms with E-state index >= 15 is 0 Å². The molecule has 0 radical (unpaired) electrons. The number of rotatable bonds is 5. The number of hydrogen-bond acceptors (Lipinski definition) is 6. The van der Waals surface area contributed by atoms with E-state index in [0.717, 1.165) is 5.56 Å². The first-order valence-electron chi connectivity index (χ1n) is 5.78. The van der Waals surface area contributed by atoms with E-state index in [0.29, 0.717) is 23.9 Å². The average molecular weight is 261 g/mol. The van der Waals surface area contributed by atoms with E-state index in [9.17, 15) is 0 Å². The fourth-order valence-electron chi connectivity index (χ4n) is 1.62. The zero-order valence-corrected chi connectivity index (χ0v) is 10.5. The minimum atomic E-state index is 0.0512. The predicted molar refractivity (Wildman–Crippen MR) is 70.3 cm³/mol. The fourth-order valence-corrected chi connectivity index (χ4v) is 1.62. The van der Waals surface area contributed by atoms with E-state index in [2.05, 4.69) is 9.97 Å². The summed E-state index contributed by atoms with van der Waals surface area (Å²) in [7, 11) is 1.49. The maximum absolute atomic E-state index is 9.02. The third-order valence-corrected chi connectivity index (χ3v) is 2.47. The molecule has 1 aromatic heterocycles. The Balaban J connectivity index is 2.28. The summed E-state index contributed by atoms with van der Waals surface area (Å²) in [6, 6.07) is 8.96. The van der Waals surface area contributed by atoms with E-state index in [1.807, 2.05) is 18.2 Å². The molecule has 3 N–H and O–H groups in total. The van der Waals surface area contributed by atoms with Crippen LogP contribution in [0, 0.1) is 0 Å². The molecule has 0 bridgehead atoms. The summed E-state index contributed by atoms with van der Waals surface area (Å²) in [5.74, 6) is 1.34. The van der Waals surface area contributed by atoms with Crippen molar-refractivity contribution in [2.24, 2.45) is 0 Å². The quantitative estimate of drug-likeness (QED) is 0.845. The summed E-state index contributed by atoms with van der Waals surface area (Å²) in [4.78, 5) is 7.86. The molecule has 0 spiro atoms. The molecule has 2 rings (SSSR count). The number of aromatic nitrogens is 2.